The standard InChI is InChI=1S/C17H16N4O2/c22-17(18-9-14-12-7-4-8-13(12)20-21-14)16-15(19-10-23-16)11-5-2-1-3-6-11/h1-3,5-6,10H,4,7-9H2,(H,18,22)(H,20,21). The van der Waals surface area contributed by atoms with Crippen LogP contribution in [0.15, 0.2) is 41.1 Å². The second-order valence-electron chi connectivity index (χ2n) is 5.56. The average Bonchev–Trinajstić information content (AvgIpc) is 3.30. The summed E-state index contributed by atoms with van der Waals surface area (Å²) in [7, 11) is 0. The molecule has 0 aliphatic heterocycles. The number of oxazole rings is 1. The third kappa shape index (κ3) is 2.52. The van der Waals surface area contributed by atoms with Crippen molar-refractivity contribution in [3.05, 3.63) is 59.4 Å². The molecule has 23 heavy (non-hydrogen) atoms. The molecule has 1 aliphatic carbocycles. The normalized spacial score (nSPS) is 13.0. The molecule has 0 atom stereocenters. The number of rotatable bonds is 4. The third-order valence-electron chi connectivity index (χ3n) is 4.13. The van der Waals surface area contributed by atoms with E-state index in [1.54, 1.807) is 0 Å². The van der Waals surface area contributed by atoms with Crippen molar-refractivity contribution in [1.29, 1.82) is 0 Å². The predicted octanol–water partition coefficient (Wildman–Crippen LogP) is 2.48. The maximum absolute atomic E-state index is 12.4. The van der Waals surface area contributed by atoms with Gasteiger partial charge in [0.2, 0.25) is 5.76 Å². The number of carbonyl (C=O) groups excluding carboxylic acids is 1. The topological polar surface area (TPSA) is 83.8 Å². The van der Waals surface area contributed by atoms with Crippen LogP contribution in [0.25, 0.3) is 11.3 Å². The van der Waals surface area contributed by atoms with Gasteiger partial charge in [-0.3, -0.25) is 9.89 Å². The van der Waals surface area contributed by atoms with E-state index in [9.17, 15) is 4.79 Å². The van der Waals surface area contributed by atoms with Gasteiger partial charge < -0.3 is 9.73 Å². The van der Waals surface area contributed by atoms with Crippen molar-refractivity contribution in [3.8, 4) is 11.3 Å². The van der Waals surface area contributed by atoms with Crippen molar-refractivity contribution in [2.45, 2.75) is 25.8 Å². The molecule has 2 N–H and O–H groups in total. The maximum atomic E-state index is 12.4. The zero-order valence-corrected chi connectivity index (χ0v) is 12.5. The second kappa shape index (κ2) is 5.72. The molecule has 4 rings (SSSR count). The Morgan fingerprint density at radius 1 is 1.26 bits per heavy atom. The Bertz CT molecular complexity index is 835. The third-order valence-corrected chi connectivity index (χ3v) is 4.13. The highest BCUT2D eigenvalue weighted by Gasteiger charge is 2.21. The summed E-state index contributed by atoms with van der Waals surface area (Å²) in [4.78, 5) is 16.6. The number of aromatic nitrogens is 3. The molecule has 0 unspecified atom stereocenters. The van der Waals surface area contributed by atoms with Crippen molar-refractivity contribution < 1.29 is 9.21 Å². The predicted molar refractivity (Wildman–Crippen MR) is 83.7 cm³/mol. The number of H-pyrrole nitrogens is 1. The van der Waals surface area contributed by atoms with Crippen LogP contribution >= 0.6 is 0 Å². The number of aromatic amines is 1. The summed E-state index contributed by atoms with van der Waals surface area (Å²) >= 11 is 0. The van der Waals surface area contributed by atoms with E-state index in [-0.39, 0.29) is 11.7 Å². The van der Waals surface area contributed by atoms with Crippen molar-refractivity contribution in [2.24, 2.45) is 0 Å². The lowest BCUT2D eigenvalue weighted by Gasteiger charge is -2.04. The van der Waals surface area contributed by atoms with Gasteiger partial charge in [0.05, 0.1) is 12.2 Å². The monoisotopic (exact) mass is 308 g/mol. The summed E-state index contributed by atoms with van der Waals surface area (Å²) < 4.78 is 5.29. The molecule has 3 aromatic rings. The first-order valence-electron chi connectivity index (χ1n) is 7.65. The van der Waals surface area contributed by atoms with Gasteiger partial charge in [-0.1, -0.05) is 30.3 Å². The number of nitrogens with one attached hydrogen (secondary N) is 2. The Labute approximate surface area is 132 Å². The van der Waals surface area contributed by atoms with Gasteiger partial charge in [0.15, 0.2) is 6.39 Å². The molecular formula is C17H16N4O2. The number of benzene rings is 1. The molecule has 0 radical (unpaired) electrons. The van der Waals surface area contributed by atoms with E-state index >= 15 is 0 Å². The fourth-order valence-corrected chi connectivity index (χ4v) is 2.99. The maximum Gasteiger partial charge on any atom is 0.289 e. The summed E-state index contributed by atoms with van der Waals surface area (Å²) in [5, 5.41) is 10.2. The highest BCUT2D eigenvalue weighted by molar-refractivity contribution is 5.97. The van der Waals surface area contributed by atoms with Crippen molar-refractivity contribution in [3.63, 3.8) is 0 Å². The van der Waals surface area contributed by atoms with Crippen LogP contribution in [0.3, 0.4) is 0 Å². The first-order valence-corrected chi connectivity index (χ1v) is 7.65. The first-order chi connectivity index (χ1) is 11.3. The summed E-state index contributed by atoms with van der Waals surface area (Å²) in [5.41, 5.74) is 4.75. The lowest BCUT2D eigenvalue weighted by Crippen LogP contribution is -2.23. The second-order valence-corrected chi connectivity index (χ2v) is 5.56. The highest BCUT2D eigenvalue weighted by Crippen LogP contribution is 2.24. The zero-order valence-electron chi connectivity index (χ0n) is 12.5. The number of carbonyl (C=O) groups is 1. The van der Waals surface area contributed by atoms with Crippen LogP contribution in [0.4, 0.5) is 0 Å². The number of hydrogen-bond acceptors (Lipinski definition) is 4. The number of hydrogen-bond donors (Lipinski definition) is 2. The molecule has 6 heteroatoms. The number of amides is 1. The van der Waals surface area contributed by atoms with E-state index < -0.39 is 0 Å². The fourth-order valence-electron chi connectivity index (χ4n) is 2.99. The highest BCUT2D eigenvalue weighted by atomic mass is 16.3. The fraction of sp³-hybridized carbons (Fsp3) is 0.235. The van der Waals surface area contributed by atoms with Gasteiger partial charge in [-0.15, -0.1) is 0 Å². The Balaban J connectivity index is 1.51. The van der Waals surface area contributed by atoms with Crippen LogP contribution in [0.2, 0.25) is 0 Å². The van der Waals surface area contributed by atoms with E-state index in [1.165, 1.54) is 17.7 Å². The molecule has 116 valence electrons. The Kier molecular flexibility index (Phi) is 3.42. The van der Waals surface area contributed by atoms with Gasteiger partial charge in [-0.2, -0.15) is 5.10 Å². The van der Waals surface area contributed by atoms with E-state index in [1.807, 2.05) is 30.3 Å². The molecule has 0 saturated carbocycles. The van der Waals surface area contributed by atoms with Crippen LogP contribution in [0.5, 0.6) is 0 Å². The Morgan fingerprint density at radius 2 is 2.13 bits per heavy atom. The summed E-state index contributed by atoms with van der Waals surface area (Å²) in [6.45, 7) is 0.388. The lowest BCUT2D eigenvalue weighted by molar-refractivity contribution is 0.0923. The molecular weight excluding hydrogens is 292 g/mol. The minimum absolute atomic E-state index is 0.225. The van der Waals surface area contributed by atoms with E-state index in [2.05, 4.69) is 20.5 Å². The molecule has 0 fully saturated rings. The van der Waals surface area contributed by atoms with Crippen molar-refractivity contribution >= 4 is 5.91 Å². The number of fused-ring (bicyclic) bond motifs is 1. The van der Waals surface area contributed by atoms with E-state index in [4.69, 9.17) is 4.42 Å². The van der Waals surface area contributed by atoms with Crippen LogP contribution in [-0.4, -0.2) is 21.1 Å². The Morgan fingerprint density at radius 3 is 3.00 bits per heavy atom. The molecule has 0 spiro atoms. The summed E-state index contributed by atoms with van der Waals surface area (Å²) in [6.07, 6.45) is 4.50. The molecule has 1 aliphatic rings. The molecule has 6 nitrogen and oxygen atoms in total. The summed E-state index contributed by atoms with van der Waals surface area (Å²) in [6, 6.07) is 9.52. The average molecular weight is 308 g/mol. The minimum atomic E-state index is -0.281. The number of nitrogens with zero attached hydrogens (tertiary/aromatic N) is 2. The Hall–Kier alpha value is -2.89. The first kappa shape index (κ1) is 13.8. The van der Waals surface area contributed by atoms with Crippen LogP contribution < -0.4 is 5.32 Å². The van der Waals surface area contributed by atoms with Crippen LogP contribution in [-0.2, 0) is 19.4 Å². The van der Waals surface area contributed by atoms with Gasteiger partial charge in [0.1, 0.15) is 5.69 Å². The summed E-state index contributed by atoms with van der Waals surface area (Å²) in [5.74, 6) is -0.0560. The van der Waals surface area contributed by atoms with Gasteiger partial charge in [-0.25, -0.2) is 4.98 Å². The quantitative estimate of drug-likeness (QED) is 0.775. The molecule has 0 bridgehead atoms. The van der Waals surface area contributed by atoms with Gasteiger partial charge >= 0.3 is 0 Å². The SMILES string of the molecule is O=C(NCc1n[nH]c2c1CCC2)c1ocnc1-c1ccccc1. The van der Waals surface area contributed by atoms with Crippen molar-refractivity contribution in [1.82, 2.24) is 20.5 Å². The number of aryl methyl sites for hydroxylation is 1. The van der Waals surface area contributed by atoms with E-state index in [0.717, 1.165) is 30.5 Å². The van der Waals surface area contributed by atoms with Gasteiger partial charge in [0.25, 0.3) is 5.91 Å². The van der Waals surface area contributed by atoms with Crippen LogP contribution in [0.1, 0.15) is 33.9 Å². The van der Waals surface area contributed by atoms with Crippen LogP contribution in [0, 0.1) is 0 Å². The molecule has 1 aromatic carbocycles. The molecule has 1 amide bonds. The lowest BCUT2D eigenvalue weighted by atomic mass is 10.1. The molecule has 2 heterocycles. The zero-order chi connectivity index (χ0) is 15.6. The molecule has 0 saturated heterocycles. The van der Waals surface area contributed by atoms with Crippen molar-refractivity contribution in [2.75, 3.05) is 0 Å². The minimum Gasteiger partial charge on any atom is -0.438 e. The molecule has 2 aromatic heterocycles. The smallest absolute Gasteiger partial charge is 0.289 e. The van der Waals surface area contributed by atoms with Gasteiger partial charge in [-0.05, 0) is 24.8 Å². The largest absolute Gasteiger partial charge is 0.438 e. The van der Waals surface area contributed by atoms with E-state index in [0.29, 0.717) is 12.2 Å². The van der Waals surface area contributed by atoms with Gasteiger partial charge in [0, 0.05) is 11.3 Å².